The molecule has 0 radical (unpaired) electrons. The van der Waals surface area contributed by atoms with Crippen molar-refractivity contribution in [2.24, 2.45) is 0 Å². The minimum Gasteiger partial charge on any atom is -0.350 e. The Bertz CT molecular complexity index is 1370. The first-order valence-corrected chi connectivity index (χ1v) is 14.1. The number of sulfonamides is 1. The SMILES string of the molecule is Cc1cc(Cl)ccc1N(CC(=O)N(Cc1ccccc1)C(C)C(=O)NC(C)(C)C)S(=O)(=O)c1ccccc1. The van der Waals surface area contributed by atoms with Crippen molar-refractivity contribution in [3.8, 4) is 0 Å². The van der Waals surface area contributed by atoms with Crippen LogP contribution in [-0.2, 0) is 26.2 Å². The smallest absolute Gasteiger partial charge is 0.264 e. The zero-order chi connectivity index (χ0) is 28.1. The van der Waals surface area contributed by atoms with Crippen LogP contribution in [-0.4, -0.2) is 43.3 Å². The molecule has 0 spiro atoms. The van der Waals surface area contributed by atoms with E-state index in [-0.39, 0.29) is 17.3 Å². The standard InChI is InChI=1S/C29H34ClN3O4S/c1-21-18-24(30)16-17-26(21)33(38(36,37)25-14-10-7-11-15-25)20-27(34)32(19-23-12-8-6-9-13-23)22(2)28(35)31-29(3,4)5/h6-18,22H,19-20H2,1-5H3,(H,31,35). The first kappa shape index (κ1) is 29.2. The van der Waals surface area contributed by atoms with Crippen molar-refractivity contribution in [3.63, 3.8) is 0 Å². The van der Waals surface area contributed by atoms with Crippen molar-refractivity contribution in [2.45, 2.75) is 57.6 Å². The van der Waals surface area contributed by atoms with Crippen LogP contribution in [0.1, 0.15) is 38.8 Å². The van der Waals surface area contributed by atoms with Crippen molar-refractivity contribution < 1.29 is 18.0 Å². The van der Waals surface area contributed by atoms with Gasteiger partial charge in [-0.25, -0.2) is 8.42 Å². The van der Waals surface area contributed by atoms with Crippen LogP contribution in [0.4, 0.5) is 5.69 Å². The van der Waals surface area contributed by atoms with Gasteiger partial charge in [0.15, 0.2) is 0 Å². The molecule has 3 aromatic rings. The Morgan fingerprint density at radius 1 is 0.947 bits per heavy atom. The summed E-state index contributed by atoms with van der Waals surface area (Å²) in [5.41, 5.74) is 1.24. The van der Waals surface area contributed by atoms with E-state index in [9.17, 15) is 18.0 Å². The molecule has 2 amide bonds. The summed E-state index contributed by atoms with van der Waals surface area (Å²) in [7, 11) is -4.12. The Balaban J connectivity index is 2.05. The fourth-order valence-electron chi connectivity index (χ4n) is 3.97. The van der Waals surface area contributed by atoms with Gasteiger partial charge in [0, 0.05) is 17.1 Å². The van der Waals surface area contributed by atoms with E-state index < -0.39 is 34.1 Å². The number of aryl methyl sites for hydroxylation is 1. The second-order valence-corrected chi connectivity index (χ2v) is 12.5. The van der Waals surface area contributed by atoms with Crippen LogP contribution in [0, 0.1) is 6.92 Å². The highest BCUT2D eigenvalue weighted by Gasteiger charge is 2.33. The molecule has 1 unspecified atom stereocenters. The normalized spacial score (nSPS) is 12.5. The number of nitrogens with one attached hydrogen (secondary N) is 1. The molecule has 202 valence electrons. The van der Waals surface area contributed by atoms with Crippen molar-refractivity contribution in [1.29, 1.82) is 0 Å². The maximum atomic E-state index is 13.9. The summed E-state index contributed by atoms with van der Waals surface area (Å²) >= 11 is 6.14. The Morgan fingerprint density at radius 2 is 1.53 bits per heavy atom. The summed E-state index contributed by atoms with van der Waals surface area (Å²) < 4.78 is 28.7. The zero-order valence-corrected chi connectivity index (χ0v) is 23.9. The third-order valence-corrected chi connectivity index (χ3v) is 7.91. The highest BCUT2D eigenvalue weighted by Crippen LogP contribution is 2.29. The lowest BCUT2D eigenvalue weighted by Crippen LogP contribution is -2.54. The van der Waals surface area contributed by atoms with E-state index in [4.69, 9.17) is 11.6 Å². The van der Waals surface area contributed by atoms with Gasteiger partial charge in [-0.1, -0.05) is 60.1 Å². The van der Waals surface area contributed by atoms with Gasteiger partial charge in [-0.15, -0.1) is 0 Å². The fraction of sp³-hybridized carbons (Fsp3) is 0.310. The van der Waals surface area contributed by atoms with Gasteiger partial charge in [0.2, 0.25) is 11.8 Å². The zero-order valence-electron chi connectivity index (χ0n) is 22.3. The van der Waals surface area contributed by atoms with Crippen molar-refractivity contribution in [3.05, 3.63) is 95.0 Å². The minimum atomic E-state index is -4.12. The molecule has 9 heteroatoms. The van der Waals surface area contributed by atoms with Crippen molar-refractivity contribution in [1.82, 2.24) is 10.2 Å². The molecule has 3 rings (SSSR count). The number of carbonyl (C=O) groups is 2. The van der Waals surface area contributed by atoms with Crippen LogP contribution in [0.15, 0.2) is 83.8 Å². The van der Waals surface area contributed by atoms with Crippen LogP contribution in [0.5, 0.6) is 0 Å². The lowest BCUT2D eigenvalue weighted by atomic mass is 10.1. The minimum absolute atomic E-state index is 0.0512. The van der Waals surface area contributed by atoms with Crippen molar-refractivity contribution in [2.75, 3.05) is 10.8 Å². The number of nitrogens with zero attached hydrogens (tertiary/aromatic N) is 2. The largest absolute Gasteiger partial charge is 0.350 e. The number of amides is 2. The topological polar surface area (TPSA) is 86.8 Å². The molecule has 0 saturated heterocycles. The van der Waals surface area contributed by atoms with Crippen LogP contribution in [0.3, 0.4) is 0 Å². The predicted octanol–water partition coefficient (Wildman–Crippen LogP) is 5.18. The highest BCUT2D eigenvalue weighted by molar-refractivity contribution is 7.92. The van der Waals surface area contributed by atoms with Gasteiger partial charge in [0.1, 0.15) is 12.6 Å². The predicted molar refractivity (Wildman–Crippen MR) is 152 cm³/mol. The van der Waals surface area contributed by atoms with Gasteiger partial charge in [-0.05, 0) is 76.1 Å². The number of carbonyl (C=O) groups excluding carboxylic acids is 2. The van der Waals surface area contributed by atoms with Gasteiger partial charge >= 0.3 is 0 Å². The van der Waals surface area contributed by atoms with Crippen LogP contribution < -0.4 is 9.62 Å². The molecule has 0 aliphatic carbocycles. The number of halogens is 1. The van der Waals surface area contributed by atoms with E-state index >= 15 is 0 Å². The summed E-state index contributed by atoms with van der Waals surface area (Å²) in [4.78, 5) is 28.5. The number of benzene rings is 3. The molecule has 0 fully saturated rings. The Labute approximate surface area is 230 Å². The molecule has 0 bridgehead atoms. The molecule has 1 atom stereocenters. The van der Waals surface area contributed by atoms with Gasteiger partial charge in [-0.2, -0.15) is 0 Å². The Morgan fingerprint density at radius 3 is 2.08 bits per heavy atom. The van der Waals surface area contributed by atoms with E-state index in [1.54, 1.807) is 50.2 Å². The lowest BCUT2D eigenvalue weighted by molar-refractivity contribution is -0.140. The Hall–Kier alpha value is -3.36. The van der Waals surface area contributed by atoms with E-state index in [0.717, 1.165) is 9.87 Å². The quantitative estimate of drug-likeness (QED) is 0.394. The first-order chi connectivity index (χ1) is 17.8. The number of rotatable bonds is 9. The number of hydrogen-bond donors (Lipinski definition) is 1. The van der Waals surface area contributed by atoms with Crippen LogP contribution in [0.25, 0.3) is 0 Å². The summed E-state index contributed by atoms with van der Waals surface area (Å²) in [6, 6.07) is 21.2. The Kier molecular flexibility index (Phi) is 9.22. The van der Waals surface area contributed by atoms with E-state index in [1.165, 1.54) is 17.0 Å². The molecule has 0 heterocycles. The third kappa shape index (κ3) is 7.36. The van der Waals surface area contributed by atoms with Gasteiger partial charge in [0.25, 0.3) is 10.0 Å². The molecular formula is C29H34ClN3O4S. The maximum Gasteiger partial charge on any atom is 0.264 e. The van der Waals surface area contributed by atoms with Crippen LogP contribution in [0.2, 0.25) is 5.02 Å². The van der Waals surface area contributed by atoms with Crippen molar-refractivity contribution >= 4 is 39.1 Å². The third-order valence-electron chi connectivity index (χ3n) is 5.90. The molecule has 3 aromatic carbocycles. The van der Waals surface area contributed by atoms with E-state index in [0.29, 0.717) is 16.3 Å². The molecule has 0 saturated carbocycles. The number of anilines is 1. The van der Waals surface area contributed by atoms with E-state index in [1.807, 2.05) is 51.1 Å². The van der Waals surface area contributed by atoms with Crippen LogP contribution >= 0.6 is 11.6 Å². The molecule has 7 nitrogen and oxygen atoms in total. The highest BCUT2D eigenvalue weighted by atomic mass is 35.5. The number of hydrogen-bond acceptors (Lipinski definition) is 4. The lowest BCUT2D eigenvalue weighted by Gasteiger charge is -2.33. The average Bonchev–Trinajstić information content (AvgIpc) is 2.86. The summed E-state index contributed by atoms with van der Waals surface area (Å²) in [6.45, 7) is 8.60. The molecule has 38 heavy (non-hydrogen) atoms. The van der Waals surface area contributed by atoms with Gasteiger partial charge in [0.05, 0.1) is 10.6 Å². The second-order valence-electron chi connectivity index (χ2n) is 10.2. The first-order valence-electron chi connectivity index (χ1n) is 12.3. The fourth-order valence-corrected chi connectivity index (χ4v) is 5.69. The average molecular weight is 556 g/mol. The molecule has 0 aliphatic heterocycles. The molecular weight excluding hydrogens is 522 g/mol. The summed E-state index contributed by atoms with van der Waals surface area (Å²) in [5.74, 6) is -0.846. The summed E-state index contributed by atoms with van der Waals surface area (Å²) in [5, 5.41) is 3.37. The van der Waals surface area contributed by atoms with Gasteiger partial charge in [-0.3, -0.25) is 13.9 Å². The van der Waals surface area contributed by atoms with E-state index in [2.05, 4.69) is 5.32 Å². The summed E-state index contributed by atoms with van der Waals surface area (Å²) in [6.07, 6.45) is 0. The monoisotopic (exact) mass is 555 g/mol. The second kappa shape index (κ2) is 12.0. The molecule has 0 aromatic heterocycles. The van der Waals surface area contributed by atoms with Gasteiger partial charge < -0.3 is 10.2 Å². The molecule has 0 aliphatic rings. The maximum absolute atomic E-state index is 13.9. The molecule has 1 N–H and O–H groups in total.